The van der Waals surface area contributed by atoms with E-state index < -0.39 is 11.8 Å². The highest BCUT2D eigenvalue weighted by molar-refractivity contribution is 6.28. The number of Topliss-reactive ketones (excluding diaryl/α,β-unsaturated/α-hetero) is 1. The van der Waals surface area contributed by atoms with Gasteiger partial charge >= 0.3 is 5.97 Å². The number of rotatable bonds is 6. The Labute approximate surface area is 228 Å². The van der Waals surface area contributed by atoms with Gasteiger partial charge in [-0.05, 0) is 92.0 Å². The van der Waals surface area contributed by atoms with Gasteiger partial charge in [0, 0.05) is 39.7 Å². The molecule has 0 amide bonds. The van der Waals surface area contributed by atoms with Crippen LogP contribution in [0, 0.1) is 29.6 Å². The van der Waals surface area contributed by atoms with Crippen LogP contribution >= 0.6 is 11.6 Å². The second-order valence-electron chi connectivity index (χ2n) is 12.4. The average Bonchev–Trinajstić information content (AvgIpc) is 3.29. The van der Waals surface area contributed by atoms with Crippen molar-refractivity contribution in [3.8, 4) is 0 Å². The first-order chi connectivity index (χ1) is 18.5. The zero-order chi connectivity index (χ0) is 26.0. The van der Waals surface area contributed by atoms with E-state index in [0.717, 1.165) is 51.2 Å². The average molecular weight is 531 g/mol. The molecule has 4 saturated carbocycles. The molecule has 5 aliphatic rings. The summed E-state index contributed by atoms with van der Waals surface area (Å²) >= 11 is 6.13. The van der Waals surface area contributed by atoms with Gasteiger partial charge < -0.3 is 15.0 Å². The molecule has 8 rings (SSSR count). The van der Waals surface area contributed by atoms with Crippen LogP contribution in [0.3, 0.4) is 0 Å². The minimum absolute atomic E-state index is 0.118. The number of aromatic amines is 1. The number of carbonyl (C=O) groups is 2. The zero-order valence-electron chi connectivity index (χ0n) is 21.8. The fourth-order valence-electron chi connectivity index (χ4n) is 9.06. The first-order valence-corrected chi connectivity index (χ1v) is 14.6. The van der Waals surface area contributed by atoms with E-state index in [-0.39, 0.29) is 29.1 Å². The molecular weight excluding hydrogens is 496 g/mol. The van der Waals surface area contributed by atoms with Crippen LogP contribution < -0.4 is 5.32 Å². The van der Waals surface area contributed by atoms with Crippen LogP contribution in [-0.4, -0.2) is 35.3 Å². The fraction of sp³-hybridized carbons (Fsp3) is 0.500. The van der Waals surface area contributed by atoms with E-state index in [4.69, 9.17) is 16.3 Å². The summed E-state index contributed by atoms with van der Waals surface area (Å²) in [5, 5.41) is 5.06. The van der Waals surface area contributed by atoms with E-state index in [1.165, 1.54) is 45.6 Å². The van der Waals surface area contributed by atoms with Crippen molar-refractivity contribution in [3.63, 3.8) is 0 Å². The third-order valence-electron chi connectivity index (χ3n) is 10.1. The molecule has 0 saturated heterocycles. The second-order valence-corrected chi connectivity index (χ2v) is 12.7. The molecule has 3 aromatic rings. The van der Waals surface area contributed by atoms with Crippen molar-refractivity contribution in [1.82, 2.24) is 4.98 Å². The lowest BCUT2D eigenvalue weighted by molar-refractivity contribution is -0.150. The number of ketones is 1. The lowest BCUT2D eigenvalue weighted by Gasteiger charge is -2.57. The predicted molar refractivity (Wildman–Crippen MR) is 150 cm³/mol. The van der Waals surface area contributed by atoms with E-state index in [1.54, 1.807) is 0 Å². The Morgan fingerprint density at radius 3 is 2.29 bits per heavy atom. The van der Waals surface area contributed by atoms with E-state index in [9.17, 15) is 9.59 Å². The first kappa shape index (κ1) is 24.3. The zero-order valence-corrected chi connectivity index (χ0v) is 22.6. The molecule has 0 aliphatic heterocycles. The third kappa shape index (κ3) is 3.88. The first-order valence-electron chi connectivity index (χ1n) is 14.1. The number of ether oxygens (including phenoxy) is 1. The van der Waals surface area contributed by atoms with Crippen LogP contribution in [-0.2, 0) is 20.7 Å². The number of H-pyrrole nitrogens is 1. The number of alkyl halides is 1. The maximum atomic E-state index is 13.3. The summed E-state index contributed by atoms with van der Waals surface area (Å²) in [5.41, 5.74) is 5.52. The number of nitrogens with one attached hydrogen (secondary N) is 2. The van der Waals surface area contributed by atoms with E-state index >= 15 is 0 Å². The Morgan fingerprint density at radius 1 is 1.00 bits per heavy atom. The minimum atomic E-state index is -0.581. The van der Waals surface area contributed by atoms with Gasteiger partial charge in [-0.1, -0.05) is 30.3 Å². The second kappa shape index (κ2) is 9.15. The Hall–Kier alpha value is -2.79. The number of para-hydroxylation sites is 1. The number of hydrogen-bond acceptors (Lipinski definition) is 4. The Kier molecular flexibility index (Phi) is 5.84. The van der Waals surface area contributed by atoms with Gasteiger partial charge in [0.25, 0.3) is 0 Å². The smallest absolute Gasteiger partial charge is 0.309 e. The normalized spacial score (nSPS) is 33.2. The lowest BCUT2D eigenvalue weighted by Crippen LogP contribution is -2.54. The molecule has 4 bridgehead atoms. The number of aromatic nitrogens is 1. The summed E-state index contributed by atoms with van der Waals surface area (Å²) in [6.45, 7) is 0. The van der Waals surface area contributed by atoms with Crippen molar-refractivity contribution in [3.05, 3.63) is 65.4 Å². The molecule has 1 unspecified atom stereocenters. The van der Waals surface area contributed by atoms with Crippen molar-refractivity contribution < 1.29 is 14.3 Å². The lowest BCUT2D eigenvalue weighted by atomic mass is 9.53. The number of hydrogen-bond donors (Lipinski definition) is 2. The molecule has 5 aliphatic carbocycles. The van der Waals surface area contributed by atoms with Crippen molar-refractivity contribution in [2.75, 3.05) is 18.3 Å². The summed E-state index contributed by atoms with van der Waals surface area (Å²) in [5.74, 6) is 0.595. The Balaban J connectivity index is 1.26. The van der Waals surface area contributed by atoms with Gasteiger partial charge in [0.2, 0.25) is 0 Å². The number of benzene rings is 2. The molecule has 198 valence electrons. The maximum absolute atomic E-state index is 13.3. The predicted octanol–water partition coefficient (Wildman–Crippen LogP) is 6.45. The van der Waals surface area contributed by atoms with Crippen LogP contribution in [0.5, 0.6) is 0 Å². The van der Waals surface area contributed by atoms with Crippen molar-refractivity contribution in [2.24, 2.45) is 29.6 Å². The molecule has 1 heterocycles. The van der Waals surface area contributed by atoms with E-state index in [2.05, 4.69) is 46.7 Å². The number of carbonyl (C=O) groups excluding carboxylic acids is 2. The summed E-state index contributed by atoms with van der Waals surface area (Å²) in [6.07, 6.45) is 8.59. The molecule has 0 radical (unpaired) electrons. The Morgan fingerprint density at radius 2 is 1.66 bits per heavy atom. The molecule has 38 heavy (non-hydrogen) atoms. The summed E-state index contributed by atoms with van der Waals surface area (Å²) in [6, 6.07) is 16.8. The molecule has 6 heteroatoms. The SMILES string of the molecule is COC(=O)[C@H]1Cc2c([nH]c3ccccc23)[C@H](c2ccc(NC34CC5CC(CC(C5)C3)C4)cc2)C1C(=O)CCl. The highest BCUT2D eigenvalue weighted by Gasteiger charge is 2.51. The topological polar surface area (TPSA) is 71.2 Å². The number of halogens is 1. The van der Waals surface area contributed by atoms with Crippen molar-refractivity contribution in [1.29, 1.82) is 0 Å². The molecule has 3 atom stereocenters. The Bertz CT molecular complexity index is 1360. The van der Waals surface area contributed by atoms with Crippen LogP contribution in [0.15, 0.2) is 48.5 Å². The minimum Gasteiger partial charge on any atom is -0.469 e. The molecule has 0 spiro atoms. The number of fused-ring (bicyclic) bond motifs is 3. The molecule has 4 fully saturated rings. The largest absolute Gasteiger partial charge is 0.469 e. The highest BCUT2D eigenvalue weighted by Crippen LogP contribution is 2.56. The number of methoxy groups -OCH3 is 1. The van der Waals surface area contributed by atoms with Gasteiger partial charge in [-0.25, -0.2) is 0 Å². The van der Waals surface area contributed by atoms with Crippen LogP contribution in [0.25, 0.3) is 10.9 Å². The monoisotopic (exact) mass is 530 g/mol. The third-order valence-corrected chi connectivity index (χ3v) is 10.4. The quantitative estimate of drug-likeness (QED) is 0.284. The van der Waals surface area contributed by atoms with Crippen LogP contribution in [0.2, 0.25) is 0 Å². The molecular formula is C32H35ClN2O3. The highest BCUT2D eigenvalue weighted by atomic mass is 35.5. The molecule has 1 aromatic heterocycles. The van der Waals surface area contributed by atoms with E-state index in [1.807, 2.05) is 12.1 Å². The van der Waals surface area contributed by atoms with Crippen molar-refractivity contribution >= 4 is 39.9 Å². The number of anilines is 1. The molecule has 2 aromatic carbocycles. The molecule has 2 N–H and O–H groups in total. The summed E-state index contributed by atoms with van der Waals surface area (Å²) in [4.78, 5) is 29.9. The van der Waals surface area contributed by atoms with Gasteiger partial charge in [-0.3, -0.25) is 9.59 Å². The van der Waals surface area contributed by atoms with Gasteiger partial charge in [0.05, 0.1) is 18.9 Å². The molecule has 5 nitrogen and oxygen atoms in total. The van der Waals surface area contributed by atoms with Crippen LogP contribution in [0.1, 0.15) is 61.3 Å². The fourth-order valence-corrected chi connectivity index (χ4v) is 9.24. The van der Waals surface area contributed by atoms with Gasteiger partial charge in [0.1, 0.15) is 0 Å². The number of esters is 1. The van der Waals surface area contributed by atoms with E-state index in [0.29, 0.717) is 6.42 Å². The van der Waals surface area contributed by atoms with Crippen molar-refractivity contribution in [2.45, 2.75) is 56.4 Å². The summed E-state index contributed by atoms with van der Waals surface area (Å²) in [7, 11) is 1.40. The summed E-state index contributed by atoms with van der Waals surface area (Å²) < 4.78 is 5.20. The van der Waals surface area contributed by atoms with Gasteiger partial charge in [-0.2, -0.15) is 0 Å². The standard InChI is InChI=1S/C32H35ClN2O3/c1-38-31(37)25-13-24-23-4-2-3-5-26(23)34-30(24)28(29(25)27(36)17-33)21-6-8-22(9-7-21)35-32-14-18-10-19(15-32)12-20(11-18)16-32/h2-9,18-20,25,28-29,34-35H,10-17H2,1H3/t18?,19?,20?,25-,28+,29?,32?/m0/s1. The van der Waals surface area contributed by atoms with Gasteiger partial charge in [-0.15, -0.1) is 11.6 Å². The van der Waals surface area contributed by atoms with Gasteiger partial charge in [0.15, 0.2) is 5.78 Å². The van der Waals surface area contributed by atoms with Crippen LogP contribution in [0.4, 0.5) is 5.69 Å². The maximum Gasteiger partial charge on any atom is 0.309 e.